The van der Waals surface area contributed by atoms with Crippen LogP contribution < -0.4 is 5.32 Å². The van der Waals surface area contributed by atoms with Gasteiger partial charge in [0, 0.05) is 5.56 Å². The van der Waals surface area contributed by atoms with Crippen molar-refractivity contribution in [3.05, 3.63) is 58.7 Å². The third kappa shape index (κ3) is 4.51. The molecule has 0 radical (unpaired) electrons. The van der Waals surface area contributed by atoms with Crippen molar-refractivity contribution in [3.63, 3.8) is 0 Å². The Hall–Kier alpha value is -2.16. The van der Waals surface area contributed by atoms with Crippen LogP contribution in [0.4, 0.5) is 35.1 Å². The maximum Gasteiger partial charge on any atom is 0.200 e. The van der Waals surface area contributed by atoms with Crippen LogP contribution in [0.1, 0.15) is 20.3 Å². The van der Waals surface area contributed by atoms with Crippen LogP contribution in [0.25, 0.3) is 11.1 Å². The average Bonchev–Trinajstić information content (AvgIpc) is 2.63. The molecule has 9 heteroatoms. The van der Waals surface area contributed by atoms with Gasteiger partial charge in [0.25, 0.3) is 0 Å². The zero-order valence-electron chi connectivity index (χ0n) is 13.8. The van der Waals surface area contributed by atoms with Gasteiger partial charge in [-0.15, -0.1) is 0 Å². The van der Waals surface area contributed by atoms with Crippen molar-refractivity contribution in [2.24, 2.45) is 0 Å². The van der Waals surface area contributed by atoms with E-state index in [1.165, 1.54) is 6.42 Å². The van der Waals surface area contributed by atoms with E-state index >= 15 is 0 Å². The van der Waals surface area contributed by atoms with Gasteiger partial charge >= 0.3 is 0 Å². The van der Waals surface area contributed by atoms with E-state index in [2.05, 4.69) is 19.2 Å². The maximum atomic E-state index is 13.4. The summed E-state index contributed by atoms with van der Waals surface area (Å²) in [5.74, 6) is -17.6. The molecule has 0 aliphatic rings. The van der Waals surface area contributed by atoms with Crippen LogP contribution >= 0.6 is 0 Å². The molecule has 144 valence electrons. The summed E-state index contributed by atoms with van der Waals surface area (Å²) >= 11 is 0. The molecule has 0 bridgehead atoms. The SMILES string of the molecule is CCCNCC.Fc1ccc(-c2c(F)c(F)c(F)c(F)c2F)c(F)c1F. The van der Waals surface area contributed by atoms with Crippen LogP contribution in [0.3, 0.4) is 0 Å². The minimum Gasteiger partial charge on any atom is -0.317 e. The van der Waals surface area contributed by atoms with E-state index in [9.17, 15) is 35.1 Å². The first-order chi connectivity index (χ1) is 12.2. The Labute approximate surface area is 144 Å². The van der Waals surface area contributed by atoms with Crippen molar-refractivity contribution in [1.29, 1.82) is 0 Å². The molecule has 0 fully saturated rings. The molecule has 1 N–H and O–H groups in total. The van der Waals surface area contributed by atoms with E-state index in [4.69, 9.17) is 0 Å². The summed E-state index contributed by atoms with van der Waals surface area (Å²) in [4.78, 5) is 0. The lowest BCUT2D eigenvalue weighted by Gasteiger charge is -2.09. The second kappa shape index (κ2) is 9.51. The molecule has 0 amide bonds. The summed E-state index contributed by atoms with van der Waals surface area (Å²) in [6.45, 7) is 6.56. The maximum absolute atomic E-state index is 13.4. The average molecular weight is 385 g/mol. The summed E-state index contributed by atoms with van der Waals surface area (Å²) in [6, 6.07) is 0.665. The van der Waals surface area contributed by atoms with Crippen LogP contribution in [0.2, 0.25) is 0 Å². The summed E-state index contributed by atoms with van der Waals surface area (Å²) in [6.07, 6.45) is 1.24. The first-order valence-electron chi connectivity index (χ1n) is 7.54. The van der Waals surface area contributed by atoms with Crippen molar-refractivity contribution in [3.8, 4) is 11.1 Å². The van der Waals surface area contributed by atoms with E-state index in [0.29, 0.717) is 12.1 Å². The Balaban J connectivity index is 0.000000487. The summed E-state index contributed by atoms with van der Waals surface area (Å²) in [5, 5.41) is 3.20. The van der Waals surface area contributed by atoms with E-state index in [1.54, 1.807) is 0 Å². The van der Waals surface area contributed by atoms with Gasteiger partial charge in [-0.1, -0.05) is 13.8 Å². The van der Waals surface area contributed by atoms with Gasteiger partial charge in [-0.3, -0.25) is 0 Å². The molecule has 26 heavy (non-hydrogen) atoms. The lowest BCUT2D eigenvalue weighted by Crippen LogP contribution is -2.12. The second-order valence-corrected chi connectivity index (χ2v) is 5.02. The highest BCUT2D eigenvalue weighted by Gasteiger charge is 2.29. The number of nitrogens with one attached hydrogen (secondary N) is 1. The molecule has 2 aromatic carbocycles. The molecular formula is C17H15F8N. The van der Waals surface area contributed by atoms with Crippen molar-refractivity contribution >= 4 is 0 Å². The highest BCUT2D eigenvalue weighted by Crippen LogP contribution is 2.34. The van der Waals surface area contributed by atoms with Crippen LogP contribution in [0, 0.1) is 46.5 Å². The fourth-order valence-electron chi connectivity index (χ4n) is 1.91. The Bertz CT molecular complexity index is 743. The van der Waals surface area contributed by atoms with E-state index in [0.717, 1.165) is 13.1 Å². The van der Waals surface area contributed by atoms with Crippen LogP contribution in [-0.4, -0.2) is 13.1 Å². The lowest BCUT2D eigenvalue weighted by atomic mass is 10.0. The van der Waals surface area contributed by atoms with Crippen LogP contribution in [-0.2, 0) is 0 Å². The Morgan fingerprint density at radius 3 is 1.58 bits per heavy atom. The summed E-state index contributed by atoms with van der Waals surface area (Å²) in [5.41, 5.74) is -2.95. The third-order valence-electron chi connectivity index (χ3n) is 3.19. The molecule has 0 aliphatic carbocycles. The predicted octanol–water partition coefficient (Wildman–Crippen LogP) is 5.47. The zero-order chi connectivity index (χ0) is 20.0. The molecule has 2 rings (SSSR count). The number of hydrogen-bond donors (Lipinski definition) is 1. The topological polar surface area (TPSA) is 12.0 Å². The second-order valence-electron chi connectivity index (χ2n) is 5.02. The van der Waals surface area contributed by atoms with E-state index < -0.39 is 57.7 Å². The molecule has 0 aliphatic heterocycles. The molecule has 2 aromatic rings. The Kier molecular flexibility index (Phi) is 8.01. The fourth-order valence-corrected chi connectivity index (χ4v) is 1.91. The van der Waals surface area contributed by atoms with Gasteiger partial charge < -0.3 is 5.32 Å². The summed E-state index contributed by atoms with van der Waals surface area (Å²) in [7, 11) is 0. The summed E-state index contributed by atoms with van der Waals surface area (Å²) < 4.78 is 105. The third-order valence-corrected chi connectivity index (χ3v) is 3.19. The van der Waals surface area contributed by atoms with Gasteiger partial charge in [0.2, 0.25) is 5.82 Å². The van der Waals surface area contributed by atoms with Gasteiger partial charge in [0.1, 0.15) is 0 Å². The molecule has 0 unspecified atom stereocenters. The van der Waals surface area contributed by atoms with Gasteiger partial charge in [0.05, 0.1) is 5.56 Å². The molecule has 0 saturated carbocycles. The van der Waals surface area contributed by atoms with Gasteiger partial charge in [0.15, 0.2) is 40.7 Å². The number of rotatable bonds is 4. The standard InChI is InChI=1S/C12H2F8.C5H13N/c13-4-2-1-3(6(14)7(4)15)5-8(16)10(18)12(20)11(19)9(5)17;1-3-5-6-4-2/h1-2H;6H,3-5H2,1-2H3. The van der Waals surface area contributed by atoms with E-state index in [1.807, 2.05) is 0 Å². The monoisotopic (exact) mass is 385 g/mol. The molecule has 0 atom stereocenters. The number of benzene rings is 2. The zero-order valence-corrected chi connectivity index (χ0v) is 13.8. The van der Waals surface area contributed by atoms with Crippen LogP contribution in [0.15, 0.2) is 12.1 Å². The normalized spacial score (nSPS) is 10.5. The fraction of sp³-hybridized carbons (Fsp3) is 0.294. The predicted molar refractivity (Wildman–Crippen MR) is 80.4 cm³/mol. The smallest absolute Gasteiger partial charge is 0.200 e. The molecule has 0 heterocycles. The van der Waals surface area contributed by atoms with E-state index in [-0.39, 0.29) is 0 Å². The first kappa shape index (κ1) is 21.9. The molecule has 0 saturated heterocycles. The molecule has 0 aromatic heterocycles. The van der Waals surface area contributed by atoms with Crippen molar-refractivity contribution in [2.45, 2.75) is 20.3 Å². The van der Waals surface area contributed by atoms with Crippen molar-refractivity contribution in [1.82, 2.24) is 5.32 Å². The molecular weight excluding hydrogens is 370 g/mol. The number of hydrogen-bond acceptors (Lipinski definition) is 1. The molecule has 1 nitrogen and oxygen atoms in total. The van der Waals surface area contributed by atoms with Crippen molar-refractivity contribution in [2.75, 3.05) is 13.1 Å². The number of halogens is 8. The minimum atomic E-state index is -2.44. The van der Waals surface area contributed by atoms with Gasteiger partial charge in [-0.2, -0.15) is 0 Å². The van der Waals surface area contributed by atoms with Crippen molar-refractivity contribution < 1.29 is 35.1 Å². The van der Waals surface area contributed by atoms with Crippen LogP contribution in [0.5, 0.6) is 0 Å². The Morgan fingerprint density at radius 1 is 0.654 bits per heavy atom. The highest BCUT2D eigenvalue weighted by atomic mass is 19.2. The lowest BCUT2D eigenvalue weighted by molar-refractivity contribution is 0.380. The largest absolute Gasteiger partial charge is 0.317 e. The minimum absolute atomic E-state index is 0.297. The highest BCUT2D eigenvalue weighted by molar-refractivity contribution is 5.66. The van der Waals surface area contributed by atoms with Gasteiger partial charge in [-0.05, 0) is 31.6 Å². The quantitative estimate of drug-likeness (QED) is 0.318. The molecule has 0 spiro atoms. The van der Waals surface area contributed by atoms with Gasteiger partial charge in [-0.25, -0.2) is 35.1 Å². The Morgan fingerprint density at radius 2 is 1.15 bits per heavy atom. The first-order valence-corrected chi connectivity index (χ1v) is 7.54.